The summed E-state index contributed by atoms with van der Waals surface area (Å²) in [7, 11) is 0. The molecule has 0 fully saturated rings. The van der Waals surface area contributed by atoms with Crippen LogP contribution in [-0.2, 0) is 0 Å². The second kappa shape index (κ2) is 5.75. The number of nitrogens with zero attached hydrogens (tertiary/aromatic N) is 2. The maximum absolute atomic E-state index is 13.7. The molecule has 0 radical (unpaired) electrons. The zero-order valence-corrected chi connectivity index (χ0v) is 11.5. The first kappa shape index (κ1) is 13.3. The molecule has 0 amide bonds. The van der Waals surface area contributed by atoms with Gasteiger partial charge in [0.1, 0.15) is 5.82 Å². The molecule has 1 unspecified atom stereocenters. The number of benzene rings is 2. The molecule has 0 aliphatic rings. The topological polar surface area (TPSA) is 51.0 Å². The number of halogens is 1. The van der Waals surface area contributed by atoms with Crippen molar-refractivity contribution in [3.63, 3.8) is 0 Å². The third-order valence-electron chi connectivity index (χ3n) is 3.25. The van der Waals surface area contributed by atoms with E-state index in [1.165, 1.54) is 12.5 Å². The van der Waals surface area contributed by atoms with Crippen molar-refractivity contribution in [1.29, 1.82) is 0 Å². The van der Waals surface area contributed by atoms with Crippen LogP contribution in [0.15, 0.2) is 59.3 Å². The summed E-state index contributed by atoms with van der Waals surface area (Å²) in [6, 6.07) is 14.2. The molecule has 0 saturated heterocycles. The maximum Gasteiger partial charge on any atom is 0.247 e. The van der Waals surface area contributed by atoms with Crippen molar-refractivity contribution in [3.05, 3.63) is 66.3 Å². The highest BCUT2D eigenvalue weighted by atomic mass is 19.1. The van der Waals surface area contributed by atoms with E-state index in [4.69, 9.17) is 4.42 Å². The highest BCUT2D eigenvalue weighted by Crippen LogP contribution is 2.24. The molecule has 0 aliphatic carbocycles. The van der Waals surface area contributed by atoms with Gasteiger partial charge in [0, 0.05) is 16.8 Å². The van der Waals surface area contributed by atoms with Crippen LogP contribution in [0.25, 0.3) is 11.5 Å². The van der Waals surface area contributed by atoms with Gasteiger partial charge in [-0.1, -0.05) is 18.2 Å². The number of rotatable bonds is 4. The summed E-state index contributed by atoms with van der Waals surface area (Å²) in [6.07, 6.45) is 1.29. The second-order valence-electron chi connectivity index (χ2n) is 4.71. The Morgan fingerprint density at radius 1 is 1.10 bits per heavy atom. The Bertz CT molecular complexity index is 711. The predicted octanol–water partition coefficient (Wildman–Crippen LogP) is 4.05. The summed E-state index contributed by atoms with van der Waals surface area (Å²) < 4.78 is 18.9. The average Bonchev–Trinajstić information content (AvgIpc) is 3.02. The van der Waals surface area contributed by atoms with Gasteiger partial charge in [-0.3, -0.25) is 0 Å². The van der Waals surface area contributed by atoms with Crippen LogP contribution in [0.5, 0.6) is 0 Å². The van der Waals surface area contributed by atoms with Crippen molar-refractivity contribution in [3.8, 4) is 11.5 Å². The lowest BCUT2D eigenvalue weighted by Crippen LogP contribution is -2.08. The molecule has 0 bridgehead atoms. The standard InChI is InChI=1S/C16H14FN3O/c1-11(14-4-2-3-5-15(14)17)19-13-8-6-12(7-9-13)16-20-18-10-21-16/h2-11,19H,1H3. The first-order valence-corrected chi connectivity index (χ1v) is 6.61. The van der Waals surface area contributed by atoms with Gasteiger partial charge in [-0.05, 0) is 37.3 Å². The van der Waals surface area contributed by atoms with Gasteiger partial charge >= 0.3 is 0 Å². The molecule has 0 spiro atoms. The van der Waals surface area contributed by atoms with Gasteiger partial charge in [0.05, 0.1) is 6.04 Å². The van der Waals surface area contributed by atoms with Crippen LogP contribution in [0.2, 0.25) is 0 Å². The molecule has 3 aromatic rings. The van der Waals surface area contributed by atoms with E-state index >= 15 is 0 Å². The first-order valence-electron chi connectivity index (χ1n) is 6.61. The molecule has 21 heavy (non-hydrogen) atoms. The molecular formula is C16H14FN3O. The summed E-state index contributed by atoms with van der Waals surface area (Å²) in [5, 5.41) is 10.8. The Labute approximate surface area is 121 Å². The van der Waals surface area contributed by atoms with Crippen molar-refractivity contribution in [2.24, 2.45) is 0 Å². The summed E-state index contributed by atoms with van der Waals surface area (Å²) in [5.74, 6) is 0.267. The van der Waals surface area contributed by atoms with E-state index in [9.17, 15) is 4.39 Å². The van der Waals surface area contributed by atoms with E-state index < -0.39 is 0 Å². The molecular weight excluding hydrogens is 269 g/mol. The van der Waals surface area contributed by atoms with Gasteiger partial charge in [-0.15, -0.1) is 10.2 Å². The monoisotopic (exact) mass is 283 g/mol. The van der Waals surface area contributed by atoms with Crippen molar-refractivity contribution in [2.45, 2.75) is 13.0 Å². The molecule has 0 saturated carbocycles. The lowest BCUT2D eigenvalue weighted by Gasteiger charge is -2.16. The van der Waals surface area contributed by atoms with Crippen molar-refractivity contribution in [1.82, 2.24) is 10.2 Å². The Kier molecular flexibility index (Phi) is 3.64. The number of hydrogen-bond donors (Lipinski definition) is 1. The fourth-order valence-corrected chi connectivity index (χ4v) is 2.16. The van der Waals surface area contributed by atoms with Gasteiger partial charge in [-0.2, -0.15) is 0 Å². The fourth-order valence-electron chi connectivity index (χ4n) is 2.16. The zero-order valence-electron chi connectivity index (χ0n) is 11.5. The Hall–Kier alpha value is -2.69. The molecule has 106 valence electrons. The molecule has 0 aliphatic heterocycles. The van der Waals surface area contributed by atoms with Gasteiger partial charge < -0.3 is 9.73 Å². The summed E-state index contributed by atoms with van der Waals surface area (Å²) in [6.45, 7) is 1.92. The summed E-state index contributed by atoms with van der Waals surface area (Å²) in [5.41, 5.74) is 2.38. The fraction of sp³-hybridized carbons (Fsp3) is 0.125. The van der Waals surface area contributed by atoms with Crippen LogP contribution in [0.3, 0.4) is 0 Å². The van der Waals surface area contributed by atoms with E-state index in [0.717, 1.165) is 11.3 Å². The number of nitrogens with one attached hydrogen (secondary N) is 1. The average molecular weight is 283 g/mol. The van der Waals surface area contributed by atoms with Gasteiger partial charge in [-0.25, -0.2) is 4.39 Å². The molecule has 2 aromatic carbocycles. The SMILES string of the molecule is CC(Nc1ccc(-c2nnco2)cc1)c1ccccc1F. The lowest BCUT2D eigenvalue weighted by molar-refractivity contribution is 0.568. The minimum Gasteiger partial charge on any atom is -0.423 e. The Balaban J connectivity index is 1.75. The number of hydrogen-bond acceptors (Lipinski definition) is 4. The molecule has 3 rings (SSSR count). The van der Waals surface area contributed by atoms with E-state index in [1.807, 2.05) is 37.3 Å². The molecule has 1 aromatic heterocycles. The maximum atomic E-state index is 13.7. The van der Waals surface area contributed by atoms with E-state index in [-0.39, 0.29) is 11.9 Å². The second-order valence-corrected chi connectivity index (χ2v) is 4.71. The largest absolute Gasteiger partial charge is 0.423 e. The molecule has 4 nitrogen and oxygen atoms in total. The highest BCUT2D eigenvalue weighted by Gasteiger charge is 2.10. The van der Waals surface area contributed by atoms with Gasteiger partial charge in [0.25, 0.3) is 0 Å². The lowest BCUT2D eigenvalue weighted by atomic mass is 10.1. The minimum absolute atomic E-state index is 0.125. The number of anilines is 1. The summed E-state index contributed by atoms with van der Waals surface area (Å²) >= 11 is 0. The number of aromatic nitrogens is 2. The normalized spacial score (nSPS) is 12.1. The smallest absolute Gasteiger partial charge is 0.247 e. The van der Waals surface area contributed by atoms with Crippen LogP contribution in [0, 0.1) is 5.82 Å². The quantitative estimate of drug-likeness (QED) is 0.784. The molecule has 1 atom stereocenters. The minimum atomic E-state index is -0.208. The predicted molar refractivity (Wildman–Crippen MR) is 78.2 cm³/mol. The van der Waals surface area contributed by atoms with E-state index in [1.54, 1.807) is 12.1 Å². The van der Waals surface area contributed by atoms with E-state index in [2.05, 4.69) is 15.5 Å². The molecule has 1 heterocycles. The van der Waals surface area contributed by atoms with Crippen LogP contribution in [0.4, 0.5) is 10.1 Å². The van der Waals surface area contributed by atoms with Gasteiger partial charge in [0.2, 0.25) is 12.3 Å². The van der Waals surface area contributed by atoms with Crippen LogP contribution < -0.4 is 5.32 Å². The third kappa shape index (κ3) is 2.91. The van der Waals surface area contributed by atoms with E-state index in [0.29, 0.717) is 11.5 Å². The van der Waals surface area contributed by atoms with Crippen molar-refractivity contribution < 1.29 is 8.81 Å². The molecule has 1 N–H and O–H groups in total. The first-order chi connectivity index (χ1) is 10.2. The summed E-state index contributed by atoms with van der Waals surface area (Å²) in [4.78, 5) is 0. The Morgan fingerprint density at radius 3 is 2.52 bits per heavy atom. The van der Waals surface area contributed by atoms with Crippen LogP contribution in [0.1, 0.15) is 18.5 Å². The highest BCUT2D eigenvalue weighted by molar-refractivity contribution is 5.58. The molecule has 5 heteroatoms. The third-order valence-corrected chi connectivity index (χ3v) is 3.25. The zero-order chi connectivity index (χ0) is 14.7. The van der Waals surface area contributed by atoms with Crippen LogP contribution in [-0.4, -0.2) is 10.2 Å². The van der Waals surface area contributed by atoms with Gasteiger partial charge in [0.15, 0.2) is 0 Å². The Morgan fingerprint density at radius 2 is 1.86 bits per heavy atom. The van der Waals surface area contributed by atoms with Crippen molar-refractivity contribution >= 4 is 5.69 Å². The van der Waals surface area contributed by atoms with Crippen LogP contribution >= 0.6 is 0 Å². The van der Waals surface area contributed by atoms with Crippen molar-refractivity contribution in [2.75, 3.05) is 5.32 Å².